The number of allylic oxidation sites excluding steroid dienone is 10. The van der Waals surface area contributed by atoms with Gasteiger partial charge in [-0.3, -0.25) is 14.4 Å². The highest BCUT2D eigenvalue weighted by atomic mass is 16.6. The van der Waals surface area contributed by atoms with Gasteiger partial charge < -0.3 is 14.2 Å². The van der Waals surface area contributed by atoms with Gasteiger partial charge in [0.05, 0.1) is 0 Å². The maximum Gasteiger partial charge on any atom is 0.306 e. The lowest BCUT2D eigenvalue weighted by Crippen LogP contribution is -2.30. The van der Waals surface area contributed by atoms with Crippen molar-refractivity contribution in [3.8, 4) is 0 Å². The van der Waals surface area contributed by atoms with Crippen molar-refractivity contribution in [1.82, 2.24) is 0 Å². The van der Waals surface area contributed by atoms with Crippen molar-refractivity contribution in [2.75, 3.05) is 13.2 Å². The summed E-state index contributed by atoms with van der Waals surface area (Å²) in [5, 5.41) is 0. The van der Waals surface area contributed by atoms with Crippen molar-refractivity contribution in [2.24, 2.45) is 0 Å². The highest BCUT2D eigenvalue weighted by Crippen LogP contribution is 2.14. The Bertz CT molecular complexity index is 1120. The number of unbranched alkanes of at least 4 members (excludes halogenated alkanes) is 25. The van der Waals surface area contributed by atoms with Gasteiger partial charge in [-0.25, -0.2) is 0 Å². The van der Waals surface area contributed by atoms with Crippen LogP contribution in [0.15, 0.2) is 60.8 Å². The van der Waals surface area contributed by atoms with E-state index in [9.17, 15) is 14.4 Å². The number of hydrogen-bond acceptors (Lipinski definition) is 6. The van der Waals surface area contributed by atoms with E-state index in [2.05, 4.69) is 81.5 Å². The minimum atomic E-state index is -0.791. The van der Waals surface area contributed by atoms with Gasteiger partial charge in [-0.2, -0.15) is 0 Å². The van der Waals surface area contributed by atoms with Gasteiger partial charge in [-0.15, -0.1) is 0 Å². The molecule has 0 aliphatic rings. The normalized spacial score (nSPS) is 12.5. The van der Waals surface area contributed by atoms with Gasteiger partial charge in [0.2, 0.25) is 0 Å². The highest BCUT2D eigenvalue weighted by Gasteiger charge is 2.19. The van der Waals surface area contributed by atoms with Crippen LogP contribution in [0.1, 0.15) is 252 Å². The minimum absolute atomic E-state index is 0.0895. The molecule has 0 rings (SSSR count). The molecule has 6 nitrogen and oxygen atoms in total. The summed E-state index contributed by atoms with van der Waals surface area (Å²) < 4.78 is 16.7. The summed E-state index contributed by atoms with van der Waals surface area (Å²) in [5.41, 5.74) is 0. The molecule has 0 heterocycles. The van der Waals surface area contributed by atoms with Crippen molar-refractivity contribution in [1.29, 1.82) is 0 Å². The SMILES string of the molecule is CC/C=C\C/C=C\C/C=C\CCCCCC(=O)OC(COC(=O)CCCCCCC/C=C\CCCC)COC(=O)CCCCCCCCCCC/C=C\CCCCCCCC. The summed E-state index contributed by atoms with van der Waals surface area (Å²) in [5.74, 6) is -0.929. The molecule has 352 valence electrons. The topological polar surface area (TPSA) is 78.9 Å². The third-order valence-corrected chi connectivity index (χ3v) is 11.0. The monoisotopic (exact) mass is 853 g/mol. The van der Waals surface area contributed by atoms with E-state index in [0.29, 0.717) is 19.3 Å². The van der Waals surface area contributed by atoms with Crippen LogP contribution >= 0.6 is 0 Å². The van der Waals surface area contributed by atoms with Gasteiger partial charge in [0, 0.05) is 19.3 Å². The van der Waals surface area contributed by atoms with Crippen LogP contribution in [0.2, 0.25) is 0 Å². The fourth-order valence-corrected chi connectivity index (χ4v) is 7.08. The highest BCUT2D eigenvalue weighted by molar-refractivity contribution is 5.71. The average Bonchev–Trinajstić information content (AvgIpc) is 3.26. The quantitative estimate of drug-likeness (QED) is 0.0263. The molecule has 0 amide bonds. The maximum absolute atomic E-state index is 12.8. The number of carbonyl (C=O) groups excluding carboxylic acids is 3. The average molecular weight is 853 g/mol. The standard InChI is InChI=1S/C55H96O6/c1-4-7-10-13-16-19-22-24-25-26-27-28-29-31-33-36-39-42-45-48-54(57)60-51-52(50-59-53(56)47-44-41-38-35-32-21-18-15-12-9-6-3)61-55(58)49-46-43-40-37-34-30-23-20-17-14-11-8-5-2/h8,11,15,17-18,20,24-25,30,34,52H,4-7,9-10,12-14,16,19,21-23,26-29,31-33,35-51H2,1-3H3/b11-8-,18-15-,20-17-,25-24-,34-30-. The summed E-state index contributed by atoms with van der Waals surface area (Å²) in [6.07, 6.45) is 60.7. The molecule has 0 bridgehead atoms. The Morgan fingerprint density at radius 3 is 1.08 bits per heavy atom. The number of carbonyl (C=O) groups is 3. The molecule has 0 aromatic heterocycles. The lowest BCUT2D eigenvalue weighted by Gasteiger charge is -2.18. The molecule has 0 aromatic rings. The molecule has 1 atom stereocenters. The van der Waals surface area contributed by atoms with E-state index in [1.807, 2.05) is 0 Å². The van der Waals surface area contributed by atoms with Gasteiger partial charge in [0.15, 0.2) is 6.10 Å². The lowest BCUT2D eigenvalue weighted by atomic mass is 10.1. The van der Waals surface area contributed by atoms with Crippen molar-refractivity contribution in [3.05, 3.63) is 60.8 Å². The zero-order chi connectivity index (χ0) is 44.4. The smallest absolute Gasteiger partial charge is 0.306 e. The summed E-state index contributed by atoms with van der Waals surface area (Å²) in [4.78, 5) is 37.9. The Hall–Kier alpha value is -2.89. The fraction of sp³-hybridized carbons (Fsp3) is 0.764. The Labute approximate surface area is 377 Å². The van der Waals surface area contributed by atoms with E-state index in [-0.39, 0.29) is 31.1 Å². The van der Waals surface area contributed by atoms with Crippen LogP contribution in [-0.4, -0.2) is 37.2 Å². The number of esters is 3. The largest absolute Gasteiger partial charge is 0.462 e. The molecular weight excluding hydrogens is 757 g/mol. The zero-order valence-corrected chi connectivity index (χ0v) is 40.2. The second-order valence-corrected chi connectivity index (χ2v) is 17.0. The van der Waals surface area contributed by atoms with Crippen LogP contribution in [-0.2, 0) is 28.6 Å². The summed E-state index contributed by atoms with van der Waals surface area (Å²) in [7, 11) is 0. The first-order valence-electron chi connectivity index (χ1n) is 25.8. The van der Waals surface area contributed by atoms with Gasteiger partial charge in [0.1, 0.15) is 13.2 Å². The predicted octanol–water partition coefficient (Wildman–Crippen LogP) is 16.9. The van der Waals surface area contributed by atoms with E-state index < -0.39 is 6.10 Å². The van der Waals surface area contributed by atoms with Crippen LogP contribution in [0.3, 0.4) is 0 Å². The molecule has 0 aliphatic heterocycles. The van der Waals surface area contributed by atoms with Gasteiger partial charge >= 0.3 is 17.9 Å². The van der Waals surface area contributed by atoms with E-state index in [1.54, 1.807) is 0 Å². The first-order valence-corrected chi connectivity index (χ1v) is 25.8. The Kier molecular flexibility index (Phi) is 47.4. The van der Waals surface area contributed by atoms with E-state index >= 15 is 0 Å². The predicted molar refractivity (Wildman–Crippen MR) is 261 cm³/mol. The number of rotatable bonds is 46. The molecule has 6 heteroatoms. The molecule has 0 saturated carbocycles. The maximum atomic E-state index is 12.8. The molecule has 0 spiro atoms. The lowest BCUT2D eigenvalue weighted by molar-refractivity contribution is -0.167. The molecule has 61 heavy (non-hydrogen) atoms. The Balaban J connectivity index is 4.35. The third-order valence-electron chi connectivity index (χ3n) is 11.0. The molecule has 0 aliphatic carbocycles. The van der Waals surface area contributed by atoms with Crippen LogP contribution in [0, 0.1) is 0 Å². The van der Waals surface area contributed by atoms with E-state index in [0.717, 1.165) is 89.9 Å². The minimum Gasteiger partial charge on any atom is -0.462 e. The van der Waals surface area contributed by atoms with Crippen molar-refractivity contribution in [2.45, 2.75) is 258 Å². The van der Waals surface area contributed by atoms with Crippen LogP contribution in [0.4, 0.5) is 0 Å². The van der Waals surface area contributed by atoms with E-state index in [1.165, 1.54) is 122 Å². The molecule has 0 radical (unpaired) electrons. The molecule has 0 fully saturated rings. The Morgan fingerprint density at radius 1 is 0.344 bits per heavy atom. The molecular formula is C55H96O6. The van der Waals surface area contributed by atoms with Gasteiger partial charge in [0.25, 0.3) is 0 Å². The zero-order valence-electron chi connectivity index (χ0n) is 40.2. The molecule has 0 N–H and O–H groups in total. The second kappa shape index (κ2) is 49.8. The number of hydrogen-bond donors (Lipinski definition) is 0. The first kappa shape index (κ1) is 58.1. The fourth-order valence-electron chi connectivity index (χ4n) is 7.08. The second-order valence-electron chi connectivity index (χ2n) is 17.0. The van der Waals surface area contributed by atoms with Crippen molar-refractivity contribution in [3.63, 3.8) is 0 Å². The first-order chi connectivity index (χ1) is 30.0. The van der Waals surface area contributed by atoms with Crippen molar-refractivity contribution < 1.29 is 28.6 Å². The Morgan fingerprint density at radius 2 is 0.656 bits per heavy atom. The third kappa shape index (κ3) is 48.0. The summed E-state index contributed by atoms with van der Waals surface area (Å²) in [6.45, 7) is 6.45. The molecule has 0 saturated heterocycles. The number of ether oxygens (including phenoxy) is 3. The van der Waals surface area contributed by atoms with Crippen LogP contribution in [0.5, 0.6) is 0 Å². The summed E-state index contributed by atoms with van der Waals surface area (Å²) in [6, 6.07) is 0. The molecule has 0 aromatic carbocycles. The van der Waals surface area contributed by atoms with Gasteiger partial charge in [-0.05, 0) is 96.3 Å². The van der Waals surface area contributed by atoms with Crippen LogP contribution in [0.25, 0.3) is 0 Å². The van der Waals surface area contributed by atoms with E-state index in [4.69, 9.17) is 14.2 Å². The van der Waals surface area contributed by atoms with Gasteiger partial charge in [-0.1, -0.05) is 197 Å². The summed E-state index contributed by atoms with van der Waals surface area (Å²) >= 11 is 0. The molecule has 1 unspecified atom stereocenters. The van der Waals surface area contributed by atoms with Crippen molar-refractivity contribution >= 4 is 17.9 Å². The van der Waals surface area contributed by atoms with Crippen LogP contribution < -0.4 is 0 Å².